The van der Waals surface area contributed by atoms with E-state index in [1.807, 2.05) is 0 Å². The number of rotatable bonds is 6. The van der Waals surface area contributed by atoms with Gasteiger partial charge in [0.2, 0.25) is 0 Å². The predicted molar refractivity (Wildman–Crippen MR) is 84.9 cm³/mol. The van der Waals surface area contributed by atoms with Crippen molar-refractivity contribution in [1.82, 2.24) is 10.3 Å². The van der Waals surface area contributed by atoms with Crippen molar-refractivity contribution in [2.45, 2.75) is 12.5 Å². The number of benzene rings is 1. The van der Waals surface area contributed by atoms with E-state index >= 15 is 0 Å². The maximum Gasteiger partial charge on any atom is 0.123 e. The first-order valence-corrected chi connectivity index (χ1v) is 7.64. The Kier molecular flexibility index (Phi) is 6.11. The first-order chi connectivity index (χ1) is 10.1. The molecule has 21 heavy (non-hydrogen) atoms. The summed E-state index contributed by atoms with van der Waals surface area (Å²) in [5, 5.41) is 13.3. The van der Waals surface area contributed by atoms with Gasteiger partial charge in [0, 0.05) is 29.7 Å². The van der Waals surface area contributed by atoms with Gasteiger partial charge in [-0.2, -0.15) is 0 Å². The van der Waals surface area contributed by atoms with Crippen LogP contribution in [0.1, 0.15) is 17.2 Å². The minimum absolute atomic E-state index is 0.00610. The van der Waals surface area contributed by atoms with Gasteiger partial charge in [0.25, 0.3) is 0 Å². The SMILES string of the molecule is OCC(CNCc1ncc(Cl)cc1Br)c1ccc(F)cc1. The lowest BCUT2D eigenvalue weighted by atomic mass is 10.00. The van der Waals surface area contributed by atoms with Crippen molar-refractivity contribution in [2.24, 2.45) is 0 Å². The lowest BCUT2D eigenvalue weighted by Crippen LogP contribution is -2.24. The smallest absolute Gasteiger partial charge is 0.123 e. The third-order valence-electron chi connectivity index (χ3n) is 3.13. The Bertz CT molecular complexity index is 595. The van der Waals surface area contributed by atoms with Gasteiger partial charge >= 0.3 is 0 Å². The van der Waals surface area contributed by atoms with Gasteiger partial charge in [-0.1, -0.05) is 23.7 Å². The Morgan fingerprint density at radius 3 is 2.67 bits per heavy atom. The number of aromatic nitrogens is 1. The summed E-state index contributed by atoms with van der Waals surface area (Å²) in [6.45, 7) is 1.11. The Morgan fingerprint density at radius 2 is 2.05 bits per heavy atom. The van der Waals surface area contributed by atoms with E-state index in [1.165, 1.54) is 12.1 Å². The molecular weight excluding hydrogens is 359 g/mol. The number of hydrogen-bond acceptors (Lipinski definition) is 3. The molecule has 2 aromatic rings. The van der Waals surface area contributed by atoms with E-state index in [2.05, 4.69) is 26.2 Å². The first-order valence-electron chi connectivity index (χ1n) is 6.47. The molecule has 2 rings (SSSR count). The highest BCUT2D eigenvalue weighted by Crippen LogP contribution is 2.19. The third-order valence-corrected chi connectivity index (χ3v) is 4.02. The quantitative estimate of drug-likeness (QED) is 0.814. The van der Waals surface area contributed by atoms with Gasteiger partial charge in [-0.25, -0.2) is 4.39 Å². The van der Waals surface area contributed by atoms with Crippen LogP contribution in [0, 0.1) is 5.82 Å². The molecule has 0 radical (unpaired) electrons. The highest BCUT2D eigenvalue weighted by atomic mass is 79.9. The van der Waals surface area contributed by atoms with Crippen molar-refractivity contribution >= 4 is 27.5 Å². The van der Waals surface area contributed by atoms with Gasteiger partial charge in [-0.15, -0.1) is 0 Å². The number of halogens is 3. The number of pyridine rings is 1. The zero-order valence-electron chi connectivity index (χ0n) is 11.2. The average molecular weight is 374 g/mol. The fourth-order valence-electron chi connectivity index (χ4n) is 1.96. The molecule has 112 valence electrons. The molecule has 0 aliphatic heterocycles. The number of nitrogens with one attached hydrogen (secondary N) is 1. The minimum atomic E-state index is -0.280. The van der Waals surface area contributed by atoms with E-state index in [0.29, 0.717) is 18.1 Å². The second kappa shape index (κ2) is 7.84. The van der Waals surface area contributed by atoms with E-state index in [9.17, 15) is 9.50 Å². The second-order valence-electron chi connectivity index (χ2n) is 4.64. The zero-order valence-corrected chi connectivity index (χ0v) is 13.5. The third kappa shape index (κ3) is 4.74. The van der Waals surface area contributed by atoms with Crippen LogP contribution >= 0.6 is 27.5 Å². The topological polar surface area (TPSA) is 45.1 Å². The molecule has 0 aliphatic rings. The molecule has 1 unspecified atom stereocenters. The summed E-state index contributed by atoms with van der Waals surface area (Å²) in [7, 11) is 0. The number of aliphatic hydroxyl groups excluding tert-OH is 1. The van der Waals surface area contributed by atoms with Gasteiger partial charge in [0.1, 0.15) is 5.82 Å². The van der Waals surface area contributed by atoms with Crippen molar-refractivity contribution in [2.75, 3.05) is 13.2 Å². The largest absolute Gasteiger partial charge is 0.396 e. The van der Waals surface area contributed by atoms with Crippen LogP contribution in [-0.4, -0.2) is 23.2 Å². The normalized spacial score (nSPS) is 12.4. The molecule has 1 aromatic carbocycles. The number of nitrogens with zero attached hydrogens (tertiary/aromatic N) is 1. The van der Waals surface area contributed by atoms with Gasteiger partial charge < -0.3 is 10.4 Å². The summed E-state index contributed by atoms with van der Waals surface area (Å²) in [4.78, 5) is 4.23. The van der Waals surface area contributed by atoms with Crippen LogP contribution in [0.5, 0.6) is 0 Å². The Balaban J connectivity index is 1.93. The molecule has 1 aromatic heterocycles. The Hall–Kier alpha value is -1.01. The Labute approximate surface area is 136 Å². The molecule has 0 saturated heterocycles. The van der Waals surface area contributed by atoms with Crippen LogP contribution in [0.2, 0.25) is 5.02 Å². The van der Waals surface area contributed by atoms with Crippen LogP contribution in [0.15, 0.2) is 41.0 Å². The van der Waals surface area contributed by atoms with Crippen molar-refractivity contribution in [1.29, 1.82) is 0 Å². The predicted octanol–water partition coefficient (Wildman–Crippen LogP) is 3.50. The molecule has 0 fully saturated rings. The van der Waals surface area contributed by atoms with Gasteiger partial charge in [0.05, 0.1) is 17.3 Å². The van der Waals surface area contributed by atoms with Crippen LogP contribution in [0.25, 0.3) is 0 Å². The van der Waals surface area contributed by atoms with Crippen molar-refractivity contribution in [3.8, 4) is 0 Å². The standard InChI is InChI=1S/C15H15BrClFN2O/c16-14-5-12(17)7-20-15(14)8-19-6-11(9-21)10-1-3-13(18)4-2-10/h1-5,7,11,19,21H,6,8-9H2. The van der Waals surface area contributed by atoms with Crippen LogP contribution in [0.4, 0.5) is 4.39 Å². The number of hydrogen-bond donors (Lipinski definition) is 2. The molecule has 0 amide bonds. The minimum Gasteiger partial charge on any atom is -0.396 e. The molecule has 6 heteroatoms. The van der Waals surface area contributed by atoms with Gasteiger partial charge in [0.15, 0.2) is 0 Å². The molecule has 1 atom stereocenters. The van der Waals surface area contributed by atoms with Crippen molar-refractivity contribution in [3.05, 3.63) is 63.1 Å². The molecule has 0 bridgehead atoms. The highest BCUT2D eigenvalue weighted by molar-refractivity contribution is 9.10. The summed E-state index contributed by atoms with van der Waals surface area (Å²) in [5.74, 6) is -0.366. The lowest BCUT2D eigenvalue weighted by Gasteiger charge is -2.15. The maximum atomic E-state index is 12.9. The molecule has 3 nitrogen and oxygen atoms in total. The molecule has 0 aliphatic carbocycles. The van der Waals surface area contributed by atoms with Crippen LogP contribution in [-0.2, 0) is 6.54 Å². The average Bonchev–Trinajstić information content (AvgIpc) is 2.47. The summed E-state index contributed by atoms with van der Waals surface area (Å²) < 4.78 is 13.7. The highest BCUT2D eigenvalue weighted by Gasteiger charge is 2.11. The van der Waals surface area contributed by atoms with E-state index in [1.54, 1.807) is 24.4 Å². The van der Waals surface area contributed by atoms with Crippen molar-refractivity contribution < 1.29 is 9.50 Å². The molecule has 2 N–H and O–H groups in total. The van der Waals surface area contributed by atoms with E-state index in [4.69, 9.17) is 11.6 Å². The van der Waals surface area contributed by atoms with Gasteiger partial charge in [-0.05, 0) is 39.7 Å². The summed E-state index contributed by atoms with van der Waals surface area (Å²) in [5.41, 5.74) is 1.74. The molecule has 0 spiro atoms. The van der Waals surface area contributed by atoms with Crippen molar-refractivity contribution in [3.63, 3.8) is 0 Å². The number of aliphatic hydroxyl groups is 1. The Morgan fingerprint density at radius 1 is 1.33 bits per heavy atom. The van der Waals surface area contributed by atoms with Gasteiger partial charge in [-0.3, -0.25) is 4.98 Å². The van der Waals surface area contributed by atoms with E-state index in [0.717, 1.165) is 15.7 Å². The van der Waals surface area contributed by atoms with E-state index < -0.39 is 0 Å². The van der Waals surface area contributed by atoms with Crippen LogP contribution in [0.3, 0.4) is 0 Å². The fraction of sp³-hybridized carbons (Fsp3) is 0.267. The maximum absolute atomic E-state index is 12.9. The summed E-state index contributed by atoms with van der Waals surface area (Å²) in [6.07, 6.45) is 1.59. The first kappa shape index (κ1) is 16.4. The zero-order chi connectivity index (χ0) is 15.2. The molecule has 0 saturated carbocycles. The second-order valence-corrected chi connectivity index (χ2v) is 5.93. The van der Waals surface area contributed by atoms with E-state index in [-0.39, 0.29) is 18.3 Å². The molecular formula is C15H15BrClFN2O. The fourth-order valence-corrected chi connectivity index (χ4v) is 2.74. The molecule has 1 heterocycles. The monoisotopic (exact) mass is 372 g/mol. The lowest BCUT2D eigenvalue weighted by molar-refractivity contribution is 0.261. The summed E-state index contributed by atoms with van der Waals surface area (Å²) >= 11 is 9.25. The van der Waals surface area contributed by atoms with Crippen LogP contribution < -0.4 is 5.32 Å². The summed E-state index contributed by atoms with van der Waals surface area (Å²) in [6, 6.07) is 7.96.